The fourth-order valence-electron chi connectivity index (χ4n) is 14.0. The number of rotatable bonds is 13. The molecule has 2 atom stereocenters. The van der Waals surface area contributed by atoms with Gasteiger partial charge in [0.25, 0.3) is 33.4 Å². The van der Waals surface area contributed by atoms with Crippen molar-refractivity contribution in [2.75, 3.05) is 13.6 Å². The molecule has 9 N–H and O–H groups in total. The fourth-order valence-corrected chi connectivity index (χ4v) is 17.8. The van der Waals surface area contributed by atoms with Crippen LogP contribution in [-0.2, 0) is 37.5 Å². The van der Waals surface area contributed by atoms with Gasteiger partial charge in [0.2, 0.25) is 0 Å². The van der Waals surface area contributed by atoms with Gasteiger partial charge in [-0.2, -0.15) is 0 Å². The number of hydrogen-bond donors (Lipinski definition) is 9. The van der Waals surface area contributed by atoms with E-state index in [2.05, 4.69) is 62.0 Å². The Balaban J connectivity index is 0.000000134. The molecule has 0 radical (unpaired) electrons. The Morgan fingerprint density at radius 1 is 0.496 bits per heavy atom. The predicted molar refractivity (Wildman–Crippen MR) is 499 cm³/mol. The Labute approximate surface area is 808 Å². The molecule has 676 valence electrons. The lowest BCUT2D eigenvalue weighted by atomic mass is 10.2. The minimum absolute atomic E-state index is 0. The molecule has 18 aromatic rings. The number of carboxylic acids is 1. The van der Waals surface area contributed by atoms with E-state index < -0.39 is 17.1 Å². The summed E-state index contributed by atoms with van der Waals surface area (Å²) in [6, 6.07) is 19.7. The lowest BCUT2D eigenvalue weighted by molar-refractivity contribution is -0.893. The molecule has 7 aromatic carbocycles. The number of likely N-dealkylation sites (N-methyl/N-ethyl adjacent to an activating group) is 1. The van der Waals surface area contributed by atoms with Gasteiger partial charge < -0.3 is 71.5 Å². The van der Waals surface area contributed by atoms with Crippen molar-refractivity contribution in [2.24, 2.45) is 0 Å². The van der Waals surface area contributed by atoms with Gasteiger partial charge in [0, 0.05) is 56.0 Å². The zero-order valence-corrected chi connectivity index (χ0v) is 78.7. The number of aromatic amines is 1. The number of pyridine rings is 1. The summed E-state index contributed by atoms with van der Waals surface area (Å²) in [5.41, 5.74) is 2.75. The Kier molecular flexibility index (Phi) is 30.5. The lowest BCUT2D eigenvalue weighted by Gasteiger charge is -2.17. The van der Waals surface area contributed by atoms with Crippen LogP contribution >= 0.6 is 151 Å². The van der Waals surface area contributed by atoms with Crippen LogP contribution in [0, 0.1) is 13.8 Å². The van der Waals surface area contributed by atoms with E-state index in [1.165, 1.54) is 120 Å². The number of imidazole rings is 2. The van der Waals surface area contributed by atoms with Crippen molar-refractivity contribution in [3.05, 3.63) is 291 Å². The maximum Gasteiger partial charge on any atom is 0.303 e. The summed E-state index contributed by atoms with van der Waals surface area (Å²) >= 11 is 72.8. The number of aromatic hydroxyl groups is 6. The number of nitrogens with one attached hydrogen (secondary N) is 2. The van der Waals surface area contributed by atoms with Gasteiger partial charge in [0.15, 0.2) is 40.3 Å². The monoisotopic (exact) mass is 2090 g/mol. The van der Waals surface area contributed by atoms with E-state index in [-0.39, 0.29) is 219 Å². The van der Waals surface area contributed by atoms with E-state index >= 15 is 0 Å². The number of benzene rings is 7. The summed E-state index contributed by atoms with van der Waals surface area (Å²) in [6.45, 7) is 6.15. The number of thiazole rings is 1. The molecule has 0 aliphatic carbocycles. The highest BCUT2D eigenvalue weighted by Crippen LogP contribution is 2.41. The quantitative estimate of drug-likeness (QED) is 0.0517. The van der Waals surface area contributed by atoms with Gasteiger partial charge >= 0.3 is 5.97 Å². The maximum absolute atomic E-state index is 12.7. The summed E-state index contributed by atoms with van der Waals surface area (Å²) in [7, 11) is 2.13. The number of carboxylic acid groups (broad SMARTS) is 1. The van der Waals surface area contributed by atoms with Crippen molar-refractivity contribution >= 4 is 239 Å². The van der Waals surface area contributed by atoms with Crippen LogP contribution in [0.4, 0.5) is 0 Å². The number of phenols is 6. The van der Waals surface area contributed by atoms with Crippen LogP contribution in [0.5, 0.6) is 34.5 Å². The van der Waals surface area contributed by atoms with Gasteiger partial charge in [-0.15, -0.1) is 11.3 Å². The normalized spacial score (nSPS) is 12.9. The highest BCUT2D eigenvalue weighted by Gasteiger charge is 2.28. The molecule has 0 amide bonds. The molecule has 131 heavy (non-hydrogen) atoms. The van der Waals surface area contributed by atoms with E-state index in [1.54, 1.807) is 30.8 Å². The predicted octanol–water partition coefficient (Wildman–Crippen LogP) is 12.7. The van der Waals surface area contributed by atoms with Crippen molar-refractivity contribution in [3.8, 4) is 40.2 Å². The van der Waals surface area contributed by atoms with Crippen molar-refractivity contribution in [3.63, 3.8) is 0 Å². The van der Waals surface area contributed by atoms with Gasteiger partial charge in [-0.3, -0.25) is 61.0 Å². The second kappa shape index (κ2) is 41.2. The first kappa shape index (κ1) is 97.1. The minimum Gasteiger partial charge on any atom is -1.00 e. The molecule has 1 saturated heterocycles. The van der Waals surface area contributed by atoms with E-state index in [4.69, 9.17) is 149 Å². The number of para-hydroxylation sites is 2. The number of aryl methyl sites for hydroxylation is 3. The molecule has 0 spiro atoms. The number of likely N-dealkylation sites (tertiary alicyclic amines) is 1. The average molecular weight is 2100 g/mol. The van der Waals surface area contributed by atoms with Crippen LogP contribution in [-0.4, -0.2) is 148 Å². The van der Waals surface area contributed by atoms with E-state index in [9.17, 15) is 64.2 Å². The Morgan fingerprint density at radius 3 is 1.34 bits per heavy atom. The zero-order valence-electron chi connectivity index (χ0n) is 67.2. The second-order valence-electron chi connectivity index (χ2n) is 28.8. The molecule has 34 nitrogen and oxygen atoms in total. The number of aliphatic carboxylic acids is 1. The molecule has 1 aliphatic rings. The van der Waals surface area contributed by atoms with Crippen LogP contribution in [0.25, 0.3) is 87.8 Å². The van der Waals surface area contributed by atoms with Crippen molar-refractivity contribution < 1.29 is 66.9 Å². The third kappa shape index (κ3) is 20.5. The van der Waals surface area contributed by atoms with E-state index in [1.807, 2.05) is 58.6 Å². The van der Waals surface area contributed by atoms with Crippen molar-refractivity contribution in [2.45, 2.75) is 78.3 Å². The molecule has 0 saturated carbocycles. The number of nitrogens with zero attached hydrogens (tertiary/aromatic N) is 17. The molecule has 12 heterocycles. The second-order valence-corrected chi connectivity index (χ2v) is 34.7. The number of fused-ring (bicyclic) bond motifs is 8. The molecule has 11 aromatic heterocycles. The third-order valence-corrected chi connectivity index (χ3v) is 24.7. The van der Waals surface area contributed by atoms with Crippen LogP contribution in [0.15, 0.2) is 174 Å². The fraction of sp³-hybridized carbons (Fsp3) is 0.169. The molecular formula is C83H62BrCl12N19O15S. The molecule has 1 aliphatic heterocycles. The molecule has 0 bridgehead atoms. The maximum atomic E-state index is 12.7. The summed E-state index contributed by atoms with van der Waals surface area (Å²) in [6.07, 6.45) is 17.6. The minimum atomic E-state index is -0.936. The van der Waals surface area contributed by atoms with Gasteiger partial charge in [-0.25, -0.2) is 44.9 Å². The number of phenolic OH excluding ortho intramolecular Hbond substituents is 6. The van der Waals surface area contributed by atoms with Gasteiger partial charge in [0.1, 0.15) is 73.3 Å². The van der Waals surface area contributed by atoms with Gasteiger partial charge in [-0.1, -0.05) is 157 Å². The summed E-state index contributed by atoms with van der Waals surface area (Å²) in [5.74, 6) is -1.38. The molecular weight excluding hydrogens is 2040 g/mol. The van der Waals surface area contributed by atoms with E-state index in [0.29, 0.717) is 55.1 Å². The van der Waals surface area contributed by atoms with Gasteiger partial charge in [-0.05, 0) is 86.5 Å². The first-order valence-electron chi connectivity index (χ1n) is 38.1. The summed E-state index contributed by atoms with van der Waals surface area (Å²) in [4.78, 5) is 128. The van der Waals surface area contributed by atoms with Crippen LogP contribution in [0.3, 0.4) is 0 Å². The SMILES string of the molecule is C[NH+]1CCCC1Cn1cnc2c(O)c(Cl)cc(Cl)c2c1=O.Cc1noc(C)c1-n1cnc2c(O)c(Cl)cc(Cl)c2c1=O.O=C(O)CCCn1cnc2c(O)c(Cl)cc(Cl)c2c1=O.O=c1c2c(Cl)cc(Cl)c(O)c2ncn1Cc1ccn2ccnc2c1.O=c1c2c(Cl)cc(Cl)c(O)c2ncn1Cc1nc2ccccc2[nH]1.O=c1c2c(Cl)cc(Cl)c(O)c2ncn1Cc1nccs1.[Br-]. The molecule has 19 rings (SSSR count). The average Bonchev–Trinajstić information content (AvgIpc) is 1.32. The largest absolute Gasteiger partial charge is 1.00 e. The number of carbonyl (C=O) groups is 1. The lowest BCUT2D eigenvalue weighted by Crippen LogP contribution is -3.11. The van der Waals surface area contributed by atoms with Crippen LogP contribution in [0.1, 0.15) is 53.5 Å². The molecule has 2 unspecified atom stereocenters. The highest BCUT2D eigenvalue weighted by atomic mass is 79.9. The van der Waals surface area contributed by atoms with Crippen LogP contribution in [0.2, 0.25) is 60.3 Å². The molecule has 48 heteroatoms. The zero-order chi connectivity index (χ0) is 93.3. The first-order chi connectivity index (χ1) is 62.0. The number of halogens is 13. The van der Waals surface area contributed by atoms with Gasteiger partial charge in [0.05, 0.1) is 175 Å². The number of hydrogen-bond acceptors (Lipinski definition) is 25. The third-order valence-electron chi connectivity index (χ3n) is 20.4. The van der Waals surface area contributed by atoms with E-state index in [0.717, 1.165) is 40.2 Å². The Morgan fingerprint density at radius 2 is 0.916 bits per heavy atom. The van der Waals surface area contributed by atoms with Crippen molar-refractivity contribution in [1.29, 1.82) is 0 Å². The number of H-pyrrole nitrogens is 1. The summed E-state index contributed by atoms with van der Waals surface area (Å²) < 4.78 is 15.2. The Bertz CT molecular complexity index is 7790. The number of aromatic nitrogens is 18. The first-order valence-corrected chi connectivity index (χ1v) is 43.5. The molecule has 1 fully saturated rings. The standard InChI is InChI=1S/2C16H10Cl2N4O2.C14H15Cl2N3O2.C13H9Cl2N3O3.C12H7Cl2N3O2S.C12H10Cl2N2O4.BrH/c17-10-6-11(18)15(23)14-13(10)16(24)22(8-20-14)7-9-1-3-21-4-2-19-12(21)5-9;17-8-5-9(18)15(23)14-13(8)16(24)22(7-19-14)6-12-20-10-3-1-2-4-11(10)21-12;1-18-4-2-3-8(18)6-19-7-17-12-11(14(19)21)9(15)5-10(16)13(12)20;1-5-11(6(2)21-17-5)18-4-16-10-9(13(18)20)7(14)3-8(15)12(10)19;13-6-3-7(14)11(18)10-9(6)12(19)17(5-16-10)4-8-15-1-2-20-8;13-6-4-7(14)11(19)10-9(6)12(20)16(5-15-10)3-1-2-8(17)18;/h1-6,8,23H,7H2;1-5,7,23H,6H2,(H,20,21);5,7-8,20H,2-4,6H2,1H3;3-4,19H,1-2H3;1-3,5,18H,4H2;4-5,19H,1-3H2,(H,17,18);1H. The van der Waals surface area contributed by atoms with Crippen molar-refractivity contribution in [1.82, 2.24) is 86.8 Å². The Hall–Kier alpha value is -11.4. The summed E-state index contributed by atoms with van der Waals surface area (Å²) in [5, 5.41) is 76.3. The smallest absolute Gasteiger partial charge is 0.303 e. The topological polar surface area (TPSA) is 457 Å². The van der Waals surface area contributed by atoms with Crippen LogP contribution < -0.4 is 55.2 Å². The highest BCUT2D eigenvalue weighted by molar-refractivity contribution is 7.09. The number of quaternary nitrogens is 1.